The molecule has 0 aliphatic carbocycles. The predicted molar refractivity (Wildman–Crippen MR) is 74.4 cm³/mol. The molecule has 3 rings (SSSR count). The van der Waals surface area contributed by atoms with E-state index < -0.39 is 44.3 Å². The molecule has 1 aliphatic rings. The number of rotatable bonds is 3. The molecular weight excluding hydrogens is 333 g/mol. The fourth-order valence-electron chi connectivity index (χ4n) is 2.45. The third kappa shape index (κ3) is 2.50. The molecular formula is C10H14N5O7P. The summed E-state index contributed by atoms with van der Waals surface area (Å²) in [6.45, 7) is -0.594. The van der Waals surface area contributed by atoms with Gasteiger partial charge in [-0.15, -0.1) is 0 Å². The lowest BCUT2D eigenvalue weighted by atomic mass is 10.1. The Kier molecular flexibility index (Phi) is 3.84. The number of ether oxygens (including phenoxy) is 1. The van der Waals surface area contributed by atoms with Crippen molar-refractivity contribution in [3.8, 4) is 0 Å². The molecule has 13 heteroatoms. The Bertz CT molecular complexity index is 791. The smallest absolute Gasteiger partial charge is 0.391 e. The normalized spacial score (nSPS) is 28.6. The molecule has 4 atom stereocenters. The van der Waals surface area contributed by atoms with Gasteiger partial charge in [-0.25, -0.2) is 15.0 Å². The van der Waals surface area contributed by atoms with Crippen LogP contribution in [-0.2, 0) is 9.30 Å². The van der Waals surface area contributed by atoms with Gasteiger partial charge in [0.15, 0.2) is 23.2 Å². The zero-order valence-electron chi connectivity index (χ0n) is 11.5. The van der Waals surface area contributed by atoms with E-state index in [0.717, 1.165) is 10.9 Å². The highest BCUT2D eigenvalue weighted by Gasteiger charge is 2.46. The molecule has 0 aromatic carbocycles. The number of nitrogens with zero attached hydrogens (tertiary/aromatic N) is 4. The van der Waals surface area contributed by atoms with Crippen molar-refractivity contribution < 1.29 is 34.4 Å². The number of aliphatic hydroxyl groups excluding tert-OH is 3. The molecule has 7 N–H and O–H groups in total. The molecule has 0 amide bonds. The molecule has 0 bridgehead atoms. The predicted octanol–water partition coefficient (Wildman–Crippen LogP) is -3.18. The molecule has 1 fully saturated rings. The number of imidazole rings is 1. The monoisotopic (exact) mass is 347 g/mol. The van der Waals surface area contributed by atoms with Crippen LogP contribution in [0.3, 0.4) is 0 Å². The lowest BCUT2D eigenvalue weighted by molar-refractivity contribution is -0.0499. The zero-order chi connectivity index (χ0) is 16.9. The SMILES string of the molecule is Nc1ncnc2c1nc(P(=O)(O)O)n2[C@@H]1O[C@H](CO)C(O)C1O. The molecule has 23 heavy (non-hydrogen) atoms. The number of hydrogen-bond donors (Lipinski definition) is 6. The molecule has 2 aromatic rings. The van der Waals surface area contributed by atoms with Gasteiger partial charge in [-0.3, -0.25) is 9.13 Å². The minimum absolute atomic E-state index is 0.0781. The van der Waals surface area contributed by atoms with Crippen LogP contribution in [0.1, 0.15) is 6.23 Å². The van der Waals surface area contributed by atoms with Crippen molar-refractivity contribution in [2.24, 2.45) is 0 Å². The first-order valence-corrected chi connectivity index (χ1v) is 8.04. The van der Waals surface area contributed by atoms with Crippen LogP contribution in [0.5, 0.6) is 0 Å². The molecule has 12 nitrogen and oxygen atoms in total. The maximum Gasteiger partial charge on any atom is 0.391 e. The van der Waals surface area contributed by atoms with Gasteiger partial charge in [-0.05, 0) is 0 Å². The number of nitrogens with two attached hydrogens (primary N) is 1. The van der Waals surface area contributed by atoms with Crippen LogP contribution in [-0.4, -0.2) is 69.5 Å². The van der Waals surface area contributed by atoms with Gasteiger partial charge in [0.2, 0.25) is 5.57 Å². The van der Waals surface area contributed by atoms with Crippen LogP contribution in [0.25, 0.3) is 11.2 Å². The first-order valence-electron chi connectivity index (χ1n) is 6.42. The lowest BCUT2D eigenvalue weighted by Gasteiger charge is -2.19. The fraction of sp³-hybridized carbons (Fsp3) is 0.500. The highest BCUT2D eigenvalue weighted by atomic mass is 31.2. The van der Waals surface area contributed by atoms with Crippen molar-refractivity contribution in [2.45, 2.75) is 24.5 Å². The van der Waals surface area contributed by atoms with Crippen molar-refractivity contribution >= 4 is 30.1 Å². The number of aliphatic hydroxyl groups is 3. The van der Waals surface area contributed by atoms with Gasteiger partial charge in [0.25, 0.3) is 0 Å². The number of hydrogen-bond acceptors (Lipinski definition) is 9. The Labute approximate surface area is 128 Å². The van der Waals surface area contributed by atoms with Crippen LogP contribution < -0.4 is 11.3 Å². The van der Waals surface area contributed by atoms with Crippen LogP contribution in [0.15, 0.2) is 6.33 Å². The summed E-state index contributed by atoms with van der Waals surface area (Å²) >= 11 is 0. The molecule has 2 aromatic heterocycles. The maximum absolute atomic E-state index is 11.7. The van der Waals surface area contributed by atoms with Crippen molar-refractivity contribution in [3.05, 3.63) is 6.33 Å². The Morgan fingerprint density at radius 1 is 1.30 bits per heavy atom. The molecule has 2 unspecified atom stereocenters. The largest absolute Gasteiger partial charge is 0.394 e. The summed E-state index contributed by atoms with van der Waals surface area (Å²) in [6.07, 6.45) is -4.50. The van der Waals surface area contributed by atoms with Crippen LogP contribution in [0.4, 0.5) is 5.82 Å². The van der Waals surface area contributed by atoms with E-state index >= 15 is 0 Å². The number of aromatic nitrogens is 4. The second-order valence-electron chi connectivity index (χ2n) is 4.99. The zero-order valence-corrected chi connectivity index (χ0v) is 12.4. The van der Waals surface area contributed by atoms with Crippen molar-refractivity contribution in [2.75, 3.05) is 12.3 Å². The summed E-state index contributed by atoms with van der Waals surface area (Å²) in [5, 5.41) is 29.1. The fourth-order valence-corrected chi connectivity index (χ4v) is 3.17. The molecule has 1 saturated heterocycles. The standard InChI is InChI=1S/C10H14N5O7P/c11-7-4-8(13-2-12-7)15(10(14-4)23(19,20)21)9-6(18)5(17)3(1-16)22-9/h2-3,5-6,9,16-18H,1H2,(H2,11,12,13)(H2,19,20,21)/t3-,5?,6?,9-/m1/s1. The van der Waals surface area contributed by atoms with E-state index in [2.05, 4.69) is 15.0 Å². The van der Waals surface area contributed by atoms with E-state index in [9.17, 15) is 24.6 Å². The third-order valence-corrected chi connectivity index (χ3v) is 4.36. The van der Waals surface area contributed by atoms with E-state index in [1.54, 1.807) is 0 Å². The second kappa shape index (κ2) is 5.46. The summed E-state index contributed by atoms with van der Waals surface area (Å²) in [5.74, 6) is -0.116. The van der Waals surface area contributed by atoms with Crippen LogP contribution in [0.2, 0.25) is 0 Å². The molecule has 126 valence electrons. The number of fused-ring (bicyclic) bond motifs is 1. The van der Waals surface area contributed by atoms with Gasteiger partial charge < -0.3 is 35.6 Å². The second-order valence-corrected chi connectivity index (χ2v) is 6.47. The maximum atomic E-state index is 11.7. The highest BCUT2D eigenvalue weighted by molar-refractivity contribution is 7.59. The van der Waals surface area contributed by atoms with E-state index in [1.807, 2.05) is 0 Å². The molecule has 0 saturated carbocycles. The summed E-state index contributed by atoms with van der Waals surface area (Å²) < 4.78 is 17.9. The Morgan fingerprint density at radius 2 is 2.00 bits per heavy atom. The summed E-state index contributed by atoms with van der Waals surface area (Å²) in [7, 11) is -4.88. The Hall–Kier alpha value is -1.66. The van der Waals surface area contributed by atoms with E-state index in [-0.39, 0.29) is 17.0 Å². The van der Waals surface area contributed by atoms with E-state index in [4.69, 9.17) is 15.6 Å². The van der Waals surface area contributed by atoms with E-state index in [1.165, 1.54) is 0 Å². The van der Waals surface area contributed by atoms with Gasteiger partial charge >= 0.3 is 7.60 Å². The van der Waals surface area contributed by atoms with Gasteiger partial charge in [-0.1, -0.05) is 0 Å². The molecule has 0 radical (unpaired) electrons. The van der Waals surface area contributed by atoms with E-state index in [0.29, 0.717) is 0 Å². The first kappa shape index (κ1) is 16.2. The topological polar surface area (TPSA) is 197 Å². The van der Waals surface area contributed by atoms with Crippen molar-refractivity contribution in [1.29, 1.82) is 0 Å². The molecule has 0 spiro atoms. The minimum Gasteiger partial charge on any atom is -0.394 e. The summed E-state index contributed by atoms with van der Waals surface area (Å²) in [4.78, 5) is 30.3. The number of nitrogen functional groups attached to an aromatic ring is 1. The minimum atomic E-state index is -4.88. The van der Waals surface area contributed by atoms with Crippen LogP contribution >= 0.6 is 7.60 Å². The highest BCUT2D eigenvalue weighted by Crippen LogP contribution is 2.39. The van der Waals surface area contributed by atoms with Gasteiger partial charge in [0.1, 0.15) is 24.6 Å². The first-order chi connectivity index (χ1) is 10.8. The average molecular weight is 347 g/mol. The quantitative estimate of drug-likeness (QED) is 0.306. The number of anilines is 1. The Balaban J connectivity index is 2.24. The average Bonchev–Trinajstić information content (AvgIpc) is 2.99. The van der Waals surface area contributed by atoms with Crippen molar-refractivity contribution in [3.63, 3.8) is 0 Å². The summed E-state index contributed by atoms with van der Waals surface area (Å²) in [5.41, 5.74) is 4.72. The Morgan fingerprint density at radius 3 is 2.57 bits per heavy atom. The van der Waals surface area contributed by atoms with Gasteiger partial charge in [0.05, 0.1) is 6.61 Å². The van der Waals surface area contributed by atoms with Gasteiger partial charge in [0, 0.05) is 0 Å². The van der Waals surface area contributed by atoms with Crippen LogP contribution in [0, 0.1) is 0 Å². The van der Waals surface area contributed by atoms with Gasteiger partial charge in [-0.2, -0.15) is 0 Å². The van der Waals surface area contributed by atoms with Crippen molar-refractivity contribution in [1.82, 2.24) is 19.5 Å². The third-order valence-electron chi connectivity index (χ3n) is 3.52. The lowest BCUT2D eigenvalue weighted by Crippen LogP contribution is -2.35. The summed E-state index contributed by atoms with van der Waals surface area (Å²) in [6, 6.07) is 0. The molecule has 3 heterocycles. The molecule has 1 aliphatic heterocycles.